The van der Waals surface area contributed by atoms with Gasteiger partial charge in [-0.1, -0.05) is 60.7 Å². The van der Waals surface area contributed by atoms with Crippen LogP contribution < -0.4 is 5.73 Å². The third-order valence-corrected chi connectivity index (χ3v) is 3.79. The second-order valence-electron chi connectivity index (χ2n) is 5.25. The summed E-state index contributed by atoms with van der Waals surface area (Å²) in [7, 11) is 0. The van der Waals surface area contributed by atoms with Crippen LogP contribution in [0.25, 0.3) is 22.3 Å². The van der Waals surface area contributed by atoms with E-state index in [1.54, 1.807) is 24.3 Å². The number of carbonyl (C=O) groups excluding carboxylic acids is 2. The molecule has 0 heterocycles. The maximum absolute atomic E-state index is 10.8. The van der Waals surface area contributed by atoms with Crippen LogP contribution in [0.2, 0.25) is 0 Å². The number of anilines is 1. The van der Waals surface area contributed by atoms with Gasteiger partial charge in [0.05, 0.1) is 0 Å². The van der Waals surface area contributed by atoms with Crippen LogP contribution in [0.5, 0.6) is 0 Å². The van der Waals surface area contributed by atoms with Crippen molar-refractivity contribution in [3.63, 3.8) is 0 Å². The molecule has 0 aromatic heterocycles. The summed E-state index contributed by atoms with van der Waals surface area (Å²) >= 11 is 0. The van der Waals surface area contributed by atoms with E-state index in [1.165, 1.54) is 0 Å². The summed E-state index contributed by atoms with van der Waals surface area (Å²) in [5, 5.41) is 0. The van der Waals surface area contributed by atoms with Crippen molar-refractivity contribution in [2.45, 2.75) is 0 Å². The van der Waals surface area contributed by atoms with E-state index < -0.39 is 0 Å². The predicted octanol–water partition coefficient (Wildman–Crippen LogP) is 4.23. The Morgan fingerprint density at radius 2 is 1.17 bits per heavy atom. The van der Waals surface area contributed by atoms with Crippen LogP contribution in [0.4, 0.5) is 5.69 Å². The summed E-state index contributed by atoms with van der Waals surface area (Å²) in [6, 6.07) is 20.4. The zero-order valence-electron chi connectivity index (χ0n) is 12.4. The Morgan fingerprint density at radius 3 is 1.70 bits per heavy atom. The van der Waals surface area contributed by atoms with E-state index in [4.69, 9.17) is 5.73 Å². The van der Waals surface area contributed by atoms with Gasteiger partial charge in [-0.2, -0.15) is 0 Å². The van der Waals surface area contributed by atoms with E-state index in [2.05, 4.69) is 0 Å². The van der Waals surface area contributed by atoms with Gasteiger partial charge in [0, 0.05) is 22.4 Å². The predicted molar refractivity (Wildman–Crippen MR) is 92.5 cm³/mol. The Balaban J connectivity index is 2.15. The number of aldehydes is 2. The van der Waals surface area contributed by atoms with E-state index in [1.807, 2.05) is 42.5 Å². The summed E-state index contributed by atoms with van der Waals surface area (Å²) in [6.45, 7) is 0. The zero-order chi connectivity index (χ0) is 16.2. The van der Waals surface area contributed by atoms with E-state index in [9.17, 15) is 9.59 Å². The number of carbonyl (C=O) groups is 2. The summed E-state index contributed by atoms with van der Waals surface area (Å²) in [5.41, 5.74) is 12.0. The monoisotopic (exact) mass is 301 g/mol. The van der Waals surface area contributed by atoms with Gasteiger partial charge in [-0.25, -0.2) is 0 Å². The molecule has 0 bridgehead atoms. The van der Waals surface area contributed by atoms with Crippen LogP contribution in [0.3, 0.4) is 0 Å². The third-order valence-electron chi connectivity index (χ3n) is 3.79. The summed E-state index contributed by atoms with van der Waals surface area (Å²) in [5.74, 6) is 0. The van der Waals surface area contributed by atoms with Crippen molar-refractivity contribution in [3.05, 3.63) is 77.9 Å². The second-order valence-corrected chi connectivity index (χ2v) is 5.25. The highest BCUT2D eigenvalue weighted by atomic mass is 16.1. The Bertz CT molecular complexity index is 850. The average molecular weight is 301 g/mol. The molecule has 3 nitrogen and oxygen atoms in total. The Morgan fingerprint density at radius 1 is 0.652 bits per heavy atom. The Hall–Kier alpha value is -3.20. The van der Waals surface area contributed by atoms with Gasteiger partial charge in [0.1, 0.15) is 12.6 Å². The molecule has 0 saturated heterocycles. The van der Waals surface area contributed by atoms with Crippen LogP contribution in [-0.4, -0.2) is 12.6 Å². The molecular weight excluding hydrogens is 286 g/mol. The van der Waals surface area contributed by atoms with E-state index in [0.717, 1.165) is 34.8 Å². The molecule has 23 heavy (non-hydrogen) atoms. The fraction of sp³-hybridized carbons (Fsp3) is 0. The number of rotatable bonds is 4. The van der Waals surface area contributed by atoms with Gasteiger partial charge >= 0.3 is 0 Å². The highest BCUT2D eigenvalue weighted by Crippen LogP contribution is 2.36. The van der Waals surface area contributed by atoms with Crippen LogP contribution in [0.15, 0.2) is 66.7 Å². The molecule has 0 spiro atoms. The van der Waals surface area contributed by atoms with Crippen LogP contribution >= 0.6 is 0 Å². The van der Waals surface area contributed by atoms with Crippen molar-refractivity contribution < 1.29 is 9.59 Å². The SMILES string of the molecule is Nc1cccc(-c2ccc(C=O)cc2)c1-c1ccc(C=O)cc1. The molecule has 2 N–H and O–H groups in total. The molecule has 3 aromatic rings. The molecule has 0 atom stereocenters. The molecule has 0 aliphatic carbocycles. The normalized spacial score (nSPS) is 10.3. The third kappa shape index (κ3) is 2.90. The average Bonchev–Trinajstić information content (AvgIpc) is 2.62. The van der Waals surface area contributed by atoms with Gasteiger partial charge in [0.15, 0.2) is 0 Å². The lowest BCUT2D eigenvalue weighted by Gasteiger charge is -2.13. The smallest absolute Gasteiger partial charge is 0.150 e. The van der Waals surface area contributed by atoms with Crippen LogP contribution in [0, 0.1) is 0 Å². The van der Waals surface area contributed by atoms with Gasteiger partial charge in [-0.05, 0) is 22.8 Å². The first-order chi connectivity index (χ1) is 11.2. The summed E-state index contributed by atoms with van der Waals surface area (Å²) in [4.78, 5) is 21.6. The summed E-state index contributed by atoms with van der Waals surface area (Å²) in [6.07, 6.45) is 1.64. The minimum Gasteiger partial charge on any atom is -0.398 e. The fourth-order valence-electron chi connectivity index (χ4n) is 2.60. The van der Waals surface area contributed by atoms with Crippen molar-refractivity contribution in [2.24, 2.45) is 0 Å². The Kier molecular flexibility index (Phi) is 4.02. The largest absolute Gasteiger partial charge is 0.398 e. The lowest BCUT2D eigenvalue weighted by Crippen LogP contribution is -1.94. The number of hydrogen-bond acceptors (Lipinski definition) is 3. The number of nitrogen functional groups attached to an aromatic ring is 1. The van der Waals surface area contributed by atoms with Crippen molar-refractivity contribution in [2.75, 3.05) is 5.73 Å². The van der Waals surface area contributed by atoms with Crippen molar-refractivity contribution >= 4 is 18.3 Å². The van der Waals surface area contributed by atoms with Gasteiger partial charge in [0.25, 0.3) is 0 Å². The molecule has 0 aliphatic rings. The van der Waals surface area contributed by atoms with Crippen molar-refractivity contribution in [3.8, 4) is 22.3 Å². The van der Waals surface area contributed by atoms with Gasteiger partial charge in [0.2, 0.25) is 0 Å². The van der Waals surface area contributed by atoms with E-state index in [-0.39, 0.29) is 0 Å². The topological polar surface area (TPSA) is 60.2 Å². The molecule has 0 saturated carbocycles. The maximum Gasteiger partial charge on any atom is 0.150 e. The van der Waals surface area contributed by atoms with Crippen LogP contribution in [-0.2, 0) is 0 Å². The fourth-order valence-corrected chi connectivity index (χ4v) is 2.60. The highest BCUT2D eigenvalue weighted by molar-refractivity contribution is 5.92. The quantitative estimate of drug-likeness (QED) is 0.579. The lowest BCUT2D eigenvalue weighted by atomic mass is 9.92. The highest BCUT2D eigenvalue weighted by Gasteiger charge is 2.11. The first-order valence-corrected chi connectivity index (χ1v) is 7.22. The molecule has 0 fully saturated rings. The second kappa shape index (κ2) is 6.28. The van der Waals surface area contributed by atoms with Gasteiger partial charge < -0.3 is 5.73 Å². The molecule has 0 aliphatic heterocycles. The number of benzene rings is 3. The molecule has 0 amide bonds. The van der Waals surface area contributed by atoms with Gasteiger partial charge in [-0.3, -0.25) is 9.59 Å². The minimum absolute atomic E-state index is 0.625. The maximum atomic E-state index is 10.8. The molecule has 3 heteroatoms. The molecule has 3 rings (SSSR count). The van der Waals surface area contributed by atoms with Gasteiger partial charge in [-0.15, -0.1) is 0 Å². The Labute approximate surface area is 134 Å². The zero-order valence-corrected chi connectivity index (χ0v) is 12.4. The first kappa shape index (κ1) is 14.7. The standard InChI is InChI=1S/C20H15NO2/c21-19-3-1-2-18(16-8-4-14(12-22)5-9-16)20(19)17-10-6-15(13-23)7-11-17/h1-13H,21H2. The molecule has 3 aromatic carbocycles. The minimum atomic E-state index is 0.625. The van der Waals surface area contributed by atoms with Crippen molar-refractivity contribution in [1.82, 2.24) is 0 Å². The number of nitrogens with two attached hydrogens (primary N) is 1. The first-order valence-electron chi connectivity index (χ1n) is 7.22. The van der Waals surface area contributed by atoms with Crippen molar-refractivity contribution in [1.29, 1.82) is 0 Å². The lowest BCUT2D eigenvalue weighted by molar-refractivity contribution is 0.111. The van der Waals surface area contributed by atoms with Crippen LogP contribution in [0.1, 0.15) is 20.7 Å². The molecule has 0 unspecified atom stereocenters. The molecule has 112 valence electrons. The van der Waals surface area contributed by atoms with E-state index >= 15 is 0 Å². The summed E-state index contributed by atoms with van der Waals surface area (Å²) < 4.78 is 0. The number of hydrogen-bond donors (Lipinski definition) is 1. The van der Waals surface area contributed by atoms with E-state index in [0.29, 0.717) is 16.8 Å². The molecule has 0 radical (unpaired) electrons. The molecular formula is C20H15NO2.